The zero-order chi connectivity index (χ0) is 21.0. The number of hydrogen-bond acceptors (Lipinski definition) is 5. The Morgan fingerprint density at radius 2 is 1.90 bits per heavy atom. The van der Waals surface area contributed by atoms with E-state index in [0.29, 0.717) is 24.8 Å². The second kappa shape index (κ2) is 8.85. The molecule has 7 nitrogen and oxygen atoms in total. The maximum absolute atomic E-state index is 13.7. The molecule has 0 aromatic heterocycles. The summed E-state index contributed by atoms with van der Waals surface area (Å²) >= 11 is 0. The van der Waals surface area contributed by atoms with Crippen LogP contribution >= 0.6 is 0 Å². The molecule has 0 aliphatic carbocycles. The third-order valence-electron chi connectivity index (χ3n) is 4.39. The van der Waals surface area contributed by atoms with Gasteiger partial charge in [-0.05, 0) is 29.8 Å². The number of nitrogens with one attached hydrogen (secondary N) is 1. The minimum absolute atomic E-state index is 0.0554. The van der Waals surface area contributed by atoms with Crippen LogP contribution in [0, 0.1) is 11.6 Å². The lowest BCUT2D eigenvalue weighted by Gasteiger charge is -2.26. The Hall–Kier alpha value is -2.56. The molecule has 1 saturated heterocycles. The Balaban J connectivity index is 1.81. The van der Waals surface area contributed by atoms with Gasteiger partial charge in [-0.25, -0.2) is 17.2 Å². The summed E-state index contributed by atoms with van der Waals surface area (Å²) in [5.41, 5.74) is 0.240. The van der Waals surface area contributed by atoms with Crippen LogP contribution in [0.15, 0.2) is 41.3 Å². The number of anilines is 1. The minimum Gasteiger partial charge on any atom is -0.495 e. The smallest absolute Gasteiger partial charge is 0.246 e. The number of halogens is 2. The second-order valence-electron chi connectivity index (χ2n) is 6.35. The molecule has 1 heterocycles. The van der Waals surface area contributed by atoms with Crippen LogP contribution < -0.4 is 10.1 Å². The van der Waals surface area contributed by atoms with Crippen LogP contribution in [-0.2, 0) is 26.0 Å². The van der Waals surface area contributed by atoms with E-state index in [0.717, 1.165) is 12.1 Å². The number of nitrogens with zero attached hydrogens (tertiary/aromatic N) is 1. The molecule has 0 bridgehead atoms. The molecule has 1 amide bonds. The van der Waals surface area contributed by atoms with Crippen molar-refractivity contribution in [1.82, 2.24) is 4.31 Å². The Morgan fingerprint density at radius 1 is 1.17 bits per heavy atom. The first-order valence-corrected chi connectivity index (χ1v) is 10.2. The molecule has 0 saturated carbocycles. The predicted molar refractivity (Wildman–Crippen MR) is 101 cm³/mol. The quantitative estimate of drug-likeness (QED) is 0.765. The lowest BCUT2D eigenvalue weighted by atomic mass is 10.1. The number of hydrogen-bond donors (Lipinski definition) is 1. The minimum atomic E-state index is -3.84. The number of sulfonamides is 1. The van der Waals surface area contributed by atoms with E-state index in [1.54, 1.807) is 6.07 Å². The number of carbonyl (C=O) groups is 1. The van der Waals surface area contributed by atoms with E-state index in [9.17, 15) is 22.0 Å². The third-order valence-corrected chi connectivity index (χ3v) is 6.31. The van der Waals surface area contributed by atoms with Crippen molar-refractivity contribution in [2.24, 2.45) is 0 Å². The highest BCUT2D eigenvalue weighted by Gasteiger charge is 2.29. The second-order valence-corrected chi connectivity index (χ2v) is 8.26. The first-order chi connectivity index (χ1) is 13.8. The fourth-order valence-electron chi connectivity index (χ4n) is 2.93. The van der Waals surface area contributed by atoms with Crippen LogP contribution in [0.5, 0.6) is 5.75 Å². The molecule has 3 rings (SSSR count). The van der Waals surface area contributed by atoms with Gasteiger partial charge in [-0.3, -0.25) is 4.79 Å². The molecule has 2 aromatic rings. The van der Waals surface area contributed by atoms with Crippen molar-refractivity contribution >= 4 is 21.6 Å². The van der Waals surface area contributed by atoms with Crippen LogP contribution in [0.4, 0.5) is 14.5 Å². The monoisotopic (exact) mass is 426 g/mol. The SMILES string of the molecule is COc1ccc(CC(=O)Nc2ccc(F)cc2F)cc1S(=O)(=O)N1CCOCC1. The maximum Gasteiger partial charge on any atom is 0.246 e. The van der Waals surface area contributed by atoms with Crippen molar-refractivity contribution in [2.45, 2.75) is 11.3 Å². The van der Waals surface area contributed by atoms with E-state index in [1.165, 1.54) is 23.5 Å². The van der Waals surface area contributed by atoms with Crippen molar-refractivity contribution in [2.75, 3.05) is 38.7 Å². The van der Waals surface area contributed by atoms with Gasteiger partial charge in [0, 0.05) is 19.2 Å². The van der Waals surface area contributed by atoms with E-state index >= 15 is 0 Å². The average molecular weight is 426 g/mol. The number of benzene rings is 2. The first-order valence-electron chi connectivity index (χ1n) is 8.81. The third kappa shape index (κ3) is 4.89. The van der Waals surface area contributed by atoms with Crippen molar-refractivity contribution in [3.05, 3.63) is 53.6 Å². The van der Waals surface area contributed by atoms with Gasteiger partial charge in [-0.2, -0.15) is 4.31 Å². The van der Waals surface area contributed by atoms with Gasteiger partial charge < -0.3 is 14.8 Å². The fraction of sp³-hybridized carbons (Fsp3) is 0.316. The van der Waals surface area contributed by atoms with Crippen LogP contribution in [0.25, 0.3) is 0 Å². The molecule has 10 heteroatoms. The van der Waals surface area contributed by atoms with Crippen LogP contribution in [0.3, 0.4) is 0 Å². The van der Waals surface area contributed by atoms with Gasteiger partial charge in [0.1, 0.15) is 22.3 Å². The summed E-state index contributed by atoms with van der Waals surface area (Å²) < 4.78 is 64.3. The molecule has 1 N–H and O–H groups in total. The summed E-state index contributed by atoms with van der Waals surface area (Å²) in [6.45, 7) is 1.04. The Morgan fingerprint density at radius 3 is 2.55 bits per heavy atom. The maximum atomic E-state index is 13.7. The highest BCUT2D eigenvalue weighted by Crippen LogP contribution is 2.28. The summed E-state index contributed by atoms with van der Waals surface area (Å²) in [4.78, 5) is 12.2. The standard InChI is InChI=1S/C19H20F2N2O5S/c1-27-17-5-2-13(10-18(17)29(25,26)23-6-8-28-9-7-23)11-19(24)22-16-4-3-14(20)12-15(16)21/h2-5,10,12H,6-9,11H2,1H3,(H,22,24). The molecular formula is C19H20F2N2O5S. The zero-order valence-corrected chi connectivity index (χ0v) is 16.5. The van der Waals surface area contributed by atoms with Gasteiger partial charge in [-0.1, -0.05) is 6.07 Å². The summed E-state index contributed by atoms with van der Waals surface area (Å²) in [6.07, 6.45) is -0.202. The average Bonchev–Trinajstić information content (AvgIpc) is 2.70. The van der Waals surface area contributed by atoms with Gasteiger partial charge in [0.2, 0.25) is 15.9 Å². The van der Waals surface area contributed by atoms with Gasteiger partial charge >= 0.3 is 0 Å². The van der Waals surface area contributed by atoms with Crippen molar-refractivity contribution in [3.63, 3.8) is 0 Å². The zero-order valence-electron chi connectivity index (χ0n) is 15.7. The summed E-state index contributed by atoms with van der Waals surface area (Å²) in [5.74, 6) is -2.07. The number of morpholine rings is 1. The predicted octanol–water partition coefficient (Wildman–Crippen LogP) is 2.18. The summed E-state index contributed by atoms with van der Waals surface area (Å²) in [7, 11) is -2.48. The Kier molecular flexibility index (Phi) is 6.46. The normalized spacial score (nSPS) is 15.1. The molecule has 156 valence electrons. The summed E-state index contributed by atoms with van der Waals surface area (Å²) in [6, 6.07) is 7.19. The van der Waals surface area contributed by atoms with Crippen molar-refractivity contribution in [3.8, 4) is 5.75 Å². The lowest BCUT2D eigenvalue weighted by molar-refractivity contribution is -0.115. The number of amides is 1. The number of rotatable bonds is 6. The van der Waals surface area contributed by atoms with E-state index in [2.05, 4.69) is 5.32 Å². The highest BCUT2D eigenvalue weighted by molar-refractivity contribution is 7.89. The number of methoxy groups -OCH3 is 1. The van der Waals surface area contributed by atoms with E-state index in [1.807, 2.05) is 0 Å². The molecule has 29 heavy (non-hydrogen) atoms. The molecule has 1 aliphatic heterocycles. The first kappa shape index (κ1) is 21.2. The molecular weight excluding hydrogens is 406 g/mol. The molecule has 0 unspecified atom stereocenters. The fourth-order valence-corrected chi connectivity index (χ4v) is 4.54. The molecule has 1 fully saturated rings. The molecule has 2 aromatic carbocycles. The molecule has 0 radical (unpaired) electrons. The van der Waals surface area contributed by atoms with Crippen LogP contribution in [0.1, 0.15) is 5.56 Å². The number of carbonyl (C=O) groups excluding carboxylic acids is 1. The van der Waals surface area contributed by atoms with Gasteiger partial charge in [0.15, 0.2) is 0 Å². The van der Waals surface area contributed by atoms with Crippen molar-refractivity contribution < 1.29 is 31.5 Å². The number of ether oxygens (including phenoxy) is 2. The van der Waals surface area contributed by atoms with Gasteiger partial charge in [-0.15, -0.1) is 0 Å². The molecule has 0 spiro atoms. The van der Waals surface area contributed by atoms with Crippen molar-refractivity contribution in [1.29, 1.82) is 0 Å². The topological polar surface area (TPSA) is 84.9 Å². The highest BCUT2D eigenvalue weighted by atomic mass is 32.2. The molecule has 0 atom stereocenters. The lowest BCUT2D eigenvalue weighted by Crippen LogP contribution is -2.40. The largest absolute Gasteiger partial charge is 0.495 e. The van der Waals surface area contributed by atoms with E-state index in [4.69, 9.17) is 9.47 Å². The Bertz CT molecular complexity index is 1010. The van der Waals surface area contributed by atoms with E-state index < -0.39 is 27.6 Å². The van der Waals surface area contributed by atoms with Gasteiger partial charge in [0.25, 0.3) is 0 Å². The Labute approximate surface area is 167 Å². The van der Waals surface area contributed by atoms with Crippen LogP contribution in [-0.4, -0.2) is 52.0 Å². The van der Waals surface area contributed by atoms with E-state index in [-0.39, 0.29) is 35.8 Å². The summed E-state index contributed by atoms with van der Waals surface area (Å²) in [5, 5.41) is 2.35. The van der Waals surface area contributed by atoms with Gasteiger partial charge in [0.05, 0.1) is 32.4 Å². The molecule has 1 aliphatic rings. The van der Waals surface area contributed by atoms with Crippen LogP contribution in [0.2, 0.25) is 0 Å².